The molecule has 0 unspecified atom stereocenters. The van der Waals surface area contributed by atoms with E-state index in [0.717, 1.165) is 28.3 Å². The van der Waals surface area contributed by atoms with Crippen molar-refractivity contribution in [2.75, 3.05) is 4.90 Å². The maximum Gasteiger partial charge on any atom is 0.0547 e. The molecule has 310 valence electrons. The first kappa shape index (κ1) is 38.9. The Morgan fingerprint density at radius 2 is 0.697 bits per heavy atom. The Labute approximate surface area is 385 Å². The molecule has 0 aliphatic rings. The summed E-state index contributed by atoms with van der Waals surface area (Å²) in [5, 5.41) is 4.96. The van der Waals surface area contributed by atoms with Crippen molar-refractivity contribution in [2.45, 2.75) is 0 Å². The van der Waals surface area contributed by atoms with Crippen LogP contribution in [0.2, 0.25) is 0 Å². The number of hydrogen-bond donors (Lipinski definition) is 0. The van der Waals surface area contributed by atoms with Gasteiger partial charge in [-0.05, 0) is 139 Å². The summed E-state index contributed by atoms with van der Waals surface area (Å²) < 4.78 is 2.41. The highest BCUT2D eigenvalue weighted by molar-refractivity contribution is 6.10. The highest BCUT2D eigenvalue weighted by atomic mass is 15.1. The summed E-state index contributed by atoms with van der Waals surface area (Å²) >= 11 is 0. The van der Waals surface area contributed by atoms with Crippen LogP contribution in [0.5, 0.6) is 0 Å². The summed E-state index contributed by atoms with van der Waals surface area (Å²) in [5.41, 5.74) is 18.7. The van der Waals surface area contributed by atoms with Crippen molar-refractivity contribution < 1.29 is 0 Å². The monoisotopic (exact) mass is 840 g/mol. The molecule has 0 fully saturated rings. The van der Waals surface area contributed by atoms with Crippen LogP contribution in [0, 0.1) is 0 Å². The van der Waals surface area contributed by atoms with E-state index in [1.165, 1.54) is 82.6 Å². The Morgan fingerprint density at radius 1 is 0.242 bits per heavy atom. The fraction of sp³-hybridized carbons (Fsp3) is 0. The summed E-state index contributed by atoms with van der Waals surface area (Å²) in [6.45, 7) is 0. The van der Waals surface area contributed by atoms with Gasteiger partial charge in [0.1, 0.15) is 0 Å². The van der Waals surface area contributed by atoms with Gasteiger partial charge in [-0.2, -0.15) is 0 Å². The van der Waals surface area contributed by atoms with Gasteiger partial charge in [-0.25, -0.2) is 0 Å². The van der Waals surface area contributed by atoms with E-state index in [9.17, 15) is 0 Å². The maximum atomic E-state index is 2.41. The molecular weight excluding hydrogens is 797 g/mol. The van der Waals surface area contributed by atoms with Crippen molar-refractivity contribution in [3.8, 4) is 61.3 Å². The molecule has 1 heterocycles. The Balaban J connectivity index is 0.990. The van der Waals surface area contributed by atoms with Gasteiger partial charge in [-0.15, -0.1) is 0 Å². The minimum absolute atomic E-state index is 1.09. The van der Waals surface area contributed by atoms with Crippen LogP contribution < -0.4 is 4.90 Å². The van der Waals surface area contributed by atoms with E-state index in [1.54, 1.807) is 0 Å². The molecule has 12 aromatic rings. The average molecular weight is 841 g/mol. The quantitative estimate of drug-likeness (QED) is 0.141. The van der Waals surface area contributed by atoms with Crippen LogP contribution in [0.1, 0.15) is 0 Å². The van der Waals surface area contributed by atoms with Gasteiger partial charge in [-0.3, -0.25) is 0 Å². The zero-order valence-electron chi connectivity index (χ0n) is 36.3. The molecule has 0 bridgehead atoms. The third-order valence-electron chi connectivity index (χ3n) is 13.0. The lowest BCUT2D eigenvalue weighted by Crippen LogP contribution is -2.09. The number of benzene rings is 11. The Bertz CT molecular complexity index is 3560. The lowest BCUT2D eigenvalue weighted by atomic mass is 9.90. The van der Waals surface area contributed by atoms with Crippen molar-refractivity contribution in [1.82, 2.24) is 4.57 Å². The molecule has 0 saturated heterocycles. The molecule has 0 atom stereocenters. The van der Waals surface area contributed by atoms with E-state index in [2.05, 4.69) is 276 Å². The van der Waals surface area contributed by atoms with Gasteiger partial charge in [0.05, 0.1) is 11.0 Å². The first-order valence-electron chi connectivity index (χ1n) is 22.7. The third kappa shape index (κ3) is 7.21. The largest absolute Gasteiger partial charge is 0.311 e. The van der Waals surface area contributed by atoms with Crippen molar-refractivity contribution >= 4 is 49.6 Å². The molecule has 11 aromatic carbocycles. The molecule has 0 amide bonds. The van der Waals surface area contributed by atoms with Crippen molar-refractivity contribution in [1.29, 1.82) is 0 Å². The van der Waals surface area contributed by atoms with Gasteiger partial charge in [0, 0.05) is 33.5 Å². The van der Waals surface area contributed by atoms with E-state index >= 15 is 0 Å². The maximum absolute atomic E-state index is 2.41. The topological polar surface area (TPSA) is 8.17 Å². The van der Waals surface area contributed by atoms with Crippen LogP contribution >= 0.6 is 0 Å². The van der Waals surface area contributed by atoms with Crippen molar-refractivity contribution in [2.24, 2.45) is 0 Å². The van der Waals surface area contributed by atoms with E-state index < -0.39 is 0 Å². The first-order valence-corrected chi connectivity index (χ1v) is 22.7. The smallest absolute Gasteiger partial charge is 0.0547 e. The van der Waals surface area contributed by atoms with Crippen LogP contribution in [0.3, 0.4) is 0 Å². The molecule has 0 aliphatic heterocycles. The Kier molecular flexibility index (Phi) is 9.89. The fourth-order valence-electron chi connectivity index (χ4n) is 9.68. The normalized spacial score (nSPS) is 11.3. The van der Waals surface area contributed by atoms with Crippen molar-refractivity contribution in [3.05, 3.63) is 267 Å². The van der Waals surface area contributed by atoms with Gasteiger partial charge in [0.25, 0.3) is 0 Å². The Hall–Kier alpha value is -8.72. The van der Waals surface area contributed by atoms with E-state index in [4.69, 9.17) is 0 Å². The molecule has 0 spiro atoms. The second-order valence-electron chi connectivity index (χ2n) is 17.0. The van der Waals surface area contributed by atoms with Crippen LogP contribution in [0.15, 0.2) is 267 Å². The summed E-state index contributed by atoms with van der Waals surface area (Å²) in [4.78, 5) is 2.35. The number of aromatic nitrogens is 1. The molecule has 1 aromatic heterocycles. The predicted molar refractivity (Wildman–Crippen MR) is 280 cm³/mol. The minimum Gasteiger partial charge on any atom is -0.311 e. The van der Waals surface area contributed by atoms with Crippen LogP contribution in [-0.4, -0.2) is 4.57 Å². The van der Waals surface area contributed by atoms with E-state index in [-0.39, 0.29) is 0 Å². The summed E-state index contributed by atoms with van der Waals surface area (Å²) in [5.74, 6) is 0. The van der Waals surface area contributed by atoms with Crippen molar-refractivity contribution in [3.63, 3.8) is 0 Å². The van der Waals surface area contributed by atoms with Gasteiger partial charge >= 0.3 is 0 Å². The number of para-hydroxylation sites is 2. The molecule has 0 saturated carbocycles. The number of hydrogen-bond acceptors (Lipinski definition) is 1. The zero-order chi connectivity index (χ0) is 43.8. The molecule has 0 radical (unpaired) electrons. The van der Waals surface area contributed by atoms with Gasteiger partial charge in [0.2, 0.25) is 0 Å². The highest BCUT2D eigenvalue weighted by Crippen LogP contribution is 2.42. The van der Waals surface area contributed by atoms with Crippen LogP contribution in [-0.2, 0) is 0 Å². The molecule has 0 N–H and O–H groups in total. The summed E-state index contributed by atoms with van der Waals surface area (Å²) in [6.07, 6.45) is 0. The van der Waals surface area contributed by atoms with Crippen LogP contribution in [0.4, 0.5) is 17.1 Å². The second-order valence-corrected chi connectivity index (χ2v) is 17.0. The number of anilines is 3. The highest BCUT2D eigenvalue weighted by Gasteiger charge is 2.18. The van der Waals surface area contributed by atoms with E-state index in [0.29, 0.717) is 0 Å². The molecular formula is C64H44N2. The van der Waals surface area contributed by atoms with E-state index in [1.807, 2.05) is 0 Å². The predicted octanol–water partition coefficient (Wildman–Crippen LogP) is 17.7. The molecule has 0 aliphatic carbocycles. The van der Waals surface area contributed by atoms with Gasteiger partial charge < -0.3 is 9.47 Å². The summed E-state index contributed by atoms with van der Waals surface area (Å²) in [6, 6.07) is 96.9. The average Bonchev–Trinajstić information content (AvgIpc) is 3.73. The molecule has 12 rings (SSSR count). The minimum atomic E-state index is 1.09. The SMILES string of the molecule is c1ccc(-c2ccc(N(c3ccc(-c4ccccc4)cc3)c3ccc(-c4ccc(-c5ccc6ccccc6c5)cc4-c4ccc5c6ccccc6n(-c6ccccc6)c5c4)cc3)cc2)cc1. The van der Waals surface area contributed by atoms with Gasteiger partial charge in [0.15, 0.2) is 0 Å². The Morgan fingerprint density at radius 3 is 1.33 bits per heavy atom. The number of nitrogens with zero attached hydrogens (tertiary/aromatic N) is 2. The standard InChI is InChI=1S/C64H44N2/c1-4-14-45(15-5-1)48-26-34-56(35-27-48)65(57-36-28-49(29-37-57)46-16-6-2-7-17-46)58-38-30-50(31-39-58)59-40-32-53(52-25-24-47-18-10-11-19-51(47)42-52)43-62(59)54-33-41-61-60-22-12-13-23-63(60)66(64(61)44-54)55-20-8-3-9-21-55/h1-44H. The molecule has 2 heteroatoms. The van der Waals surface area contributed by atoms with Gasteiger partial charge in [-0.1, -0.05) is 194 Å². The number of fused-ring (bicyclic) bond motifs is 4. The molecule has 66 heavy (non-hydrogen) atoms. The molecule has 2 nitrogen and oxygen atoms in total. The second kappa shape index (κ2) is 16.8. The van der Waals surface area contributed by atoms with Crippen LogP contribution in [0.25, 0.3) is 93.9 Å². The zero-order valence-corrected chi connectivity index (χ0v) is 36.3. The first-order chi connectivity index (χ1) is 32.7. The lowest BCUT2D eigenvalue weighted by molar-refractivity contribution is 1.18. The number of rotatable bonds is 9. The summed E-state index contributed by atoms with van der Waals surface area (Å²) in [7, 11) is 0. The fourth-order valence-corrected chi connectivity index (χ4v) is 9.68. The third-order valence-corrected chi connectivity index (χ3v) is 13.0. The lowest BCUT2D eigenvalue weighted by Gasteiger charge is -2.26.